The van der Waals surface area contributed by atoms with Crippen LogP contribution in [0.25, 0.3) is 0 Å². The van der Waals surface area contributed by atoms with Crippen LogP contribution in [-0.4, -0.2) is 67.3 Å². The van der Waals surface area contributed by atoms with E-state index in [9.17, 15) is 0 Å². The average Bonchev–Trinajstić information content (AvgIpc) is 2.47. The van der Waals surface area contributed by atoms with Crippen molar-refractivity contribution in [2.24, 2.45) is 11.7 Å². The molecule has 0 radical (unpaired) electrons. The molecular weight excluding hydrogens is 250 g/mol. The summed E-state index contributed by atoms with van der Waals surface area (Å²) < 4.78 is 6.00. The van der Waals surface area contributed by atoms with E-state index >= 15 is 0 Å². The summed E-state index contributed by atoms with van der Waals surface area (Å²) in [6.45, 7) is 12.9. The van der Waals surface area contributed by atoms with Gasteiger partial charge in [0.05, 0.1) is 12.7 Å². The van der Waals surface area contributed by atoms with Crippen LogP contribution in [0.3, 0.4) is 0 Å². The highest BCUT2D eigenvalue weighted by molar-refractivity contribution is 4.87. The maximum atomic E-state index is 6.05. The molecule has 20 heavy (non-hydrogen) atoms. The highest BCUT2D eigenvalue weighted by Gasteiger charge is 2.32. The quantitative estimate of drug-likeness (QED) is 0.831. The predicted molar refractivity (Wildman–Crippen MR) is 83.9 cm³/mol. The Hall–Kier alpha value is -0.160. The summed E-state index contributed by atoms with van der Waals surface area (Å²) in [4.78, 5) is 5.14. The third-order valence-electron chi connectivity index (χ3n) is 5.14. The molecule has 2 rings (SSSR count). The summed E-state index contributed by atoms with van der Waals surface area (Å²) in [7, 11) is 0. The average molecular weight is 283 g/mol. The molecule has 2 aliphatic heterocycles. The van der Waals surface area contributed by atoms with Crippen molar-refractivity contribution in [3.05, 3.63) is 0 Å². The van der Waals surface area contributed by atoms with Crippen molar-refractivity contribution in [3.63, 3.8) is 0 Å². The summed E-state index contributed by atoms with van der Waals surface area (Å²) >= 11 is 0. The molecule has 0 bridgehead atoms. The van der Waals surface area contributed by atoms with Crippen molar-refractivity contribution in [2.75, 3.05) is 39.3 Å². The third-order valence-corrected chi connectivity index (χ3v) is 5.14. The van der Waals surface area contributed by atoms with E-state index in [2.05, 4.69) is 30.6 Å². The zero-order valence-corrected chi connectivity index (χ0v) is 13.6. The van der Waals surface area contributed by atoms with Crippen LogP contribution in [-0.2, 0) is 4.74 Å². The normalized spacial score (nSPS) is 33.8. The van der Waals surface area contributed by atoms with Crippen LogP contribution >= 0.6 is 0 Å². The Morgan fingerprint density at radius 2 is 2.10 bits per heavy atom. The van der Waals surface area contributed by atoms with Gasteiger partial charge in [0.2, 0.25) is 0 Å². The molecule has 118 valence electrons. The molecule has 0 saturated carbocycles. The first-order chi connectivity index (χ1) is 9.65. The van der Waals surface area contributed by atoms with Gasteiger partial charge in [-0.15, -0.1) is 0 Å². The van der Waals surface area contributed by atoms with Crippen molar-refractivity contribution < 1.29 is 4.74 Å². The Balaban J connectivity index is 1.90. The number of likely N-dealkylation sites (tertiary alicyclic amines) is 1. The molecule has 3 atom stereocenters. The Morgan fingerprint density at radius 1 is 1.30 bits per heavy atom. The second kappa shape index (κ2) is 7.74. The van der Waals surface area contributed by atoms with Gasteiger partial charge in [-0.05, 0) is 39.2 Å². The van der Waals surface area contributed by atoms with Gasteiger partial charge in [0.1, 0.15) is 0 Å². The standard InChI is InChI=1S/C16H33N3O/c1-4-14-6-5-7-19(16(14)10-17)12-15-11-18(13(2)3)8-9-20-15/h13-16H,4-12,17H2,1-3H3. The molecule has 2 fully saturated rings. The molecule has 0 aromatic carbocycles. The lowest BCUT2D eigenvalue weighted by atomic mass is 9.87. The van der Waals surface area contributed by atoms with Gasteiger partial charge in [-0.2, -0.15) is 0 Å². The zero-order valence-electron chi connectivity index (χ0n) is 13.6. The van der Waals surface area contributed by atoms with Crippen LogP contribution in [0.2, 0.25) is 0 Å². The smallest absolute Gasteiger partial charge is 0.0829 e. The molecular formula is C16H33N3O. The van der Waals surface area contributed by atoms with Gasteiger partial charge in [-0.1, -0.05) is 13.3 Å². The van der Waals surface area contributed by atoms with E-state index < -0.39 is 0 Å². The first-order valence-electron chi connectivity index (χ1n) is 8.45. The van der Waals surface area contributed by atoms with Crippen molar-refractivity contribution in [2.45, 2.75) is 58.2 Å². The minimum atomic E-state index is 0.357. The zero-order chi connectivity index (χ0) is 14.5. The van der Waals surface area contributed by atoms with Crippen LogP contribution < -0.4 is 5.73 Å². The van der Waals surface area contributed by atoms with E-state index in [0.29, 0.717) is 18.2 Å². The van der Waals surface area contributed by atoms with Crippen LogP contribution in [0.5, 0.6) is 0 Å². The first kappa shape index (κ1) is 16.2. The van der Waals surface area contributed by atoms with E-state index in [1.807, 2.05) is 0 Å². The fraction of sp³-hybridized carbons (Fsp3) is 1.00. The second-order valence-electron chi connectivity index (χ2n) is 6.69. The first-order valence-corrected chi connectivity index (χ1v) is 8.45. The molecule has 2 aliphatic rings. The Labute approximate surface area is 124 Å². The molecule has 2 heterocycles. The molecule has 2 saturated heterocycles. The van der Waals surface area contributed by atoms with Gasteiger partial charge in [0.25, 0.3) is 0 Å². The van der Waals surface area contributed by atoms with E-state index in [1.165, 1.54) is 25.8 Å². The highest BCUT2D eigenvalue weighted by atomic mass is 16.5. The Bertz CT molecular complexity index is 285. The number of nitrogens with two attached hydrogens (primary N) is 1. The van der Waals surface area contributed by atoms with Gasteiger partial charge in [-0.3, -0.25) is 9.80 Å². The van der Waals surface area contributed by atoms with Crippen molar-refractivity contribution in [3.8, 4) is 0 Å². The summed E-state index contributed by atoms with van der Waals surface area (Å²) in [5, 5.41) is 0. The topological polar surface area (TPSA) is 41.7 Å². The van der Waals surface area contributed by atoms with Gasteiger partial charge >= 0.3 is 0 Å². The van der Waals surface area contributed by atoms with Gasteiger partial charge in [-0.25, -0.2) is 0 Å². The van der Waals surface area contributed by atoms with Crippen molar-refractivity contribution in [1.29, 1.82) is 0 Å². The Morgan fingerprint density at radius 3 is 2.75 bits per heavy atom. The lowest BCUT2D eigenvalue weighted by Gasteiger charge is -2.44. The number of ether oxygens (including phenoxy) is 1. The molecule has 3 unspecified atom stereocenters. The number of hydrogen-bond acceptors (Lipinski definition) is 4. The molecule has 0 aromatic rings. The lowest BCUT2D eigenvalue weighted by molar-refractivity contribution is -0.0640. The summed E-state index contributed by atoms with van der Waals surface area (Å²) in [5.41, 5.74) is 6.05. The number of rotatable bonds is 5. The molecule has 0 aromatic heterocycles. The fourth-order valence-electron chi connectivity index (χ4n) is 3.84. The molecule has 4 heteroatoms. The lowest BCUT2D eigenvalue weighted by Crippen LogP contribution is -2.55. The predicted octanol–water partition coefficient (Wildman–Crippen LogP) is 1.54. The number of nitrogens with zero attached hydrogens (tertiary/aromatic N) is 2. The third kappa shape index (κ3) is 3.94. The SMILES string of the molecule is CCC1CCCN(CC2CN(C(C)C)CCO2)C1CN. The van der Waals surface area contributed by atoms with E-state index in [4.69, 9.17) is 10.5 Å². The number of hydrogen-bond donors (Lipinski definition) is 1. The summed E-state index contributed by atoms with van der Waals surface area (Å²) in [6.07, 6.45) is 4.27. The van der Waals surface area contributed by atoms with Crippen LogP contribution in [0.15, 0.2) is 0 Å². The molecule has 2 N–H and O–H groups in total. The monoisotopic (exact) mass is 283 g/mol. The van der Waals surface area contributed by atoms with Gasteiger partial charge in [0, 0.05) is 38.3 Å². The number of piperidine rings is 1. The summed E-state index contributed by atoms with van der Waals surface area (Å²) in [5.74, 6) is 0.776. The van der Waals surface area contributed by atoms with E-state index in [1.54, 1.807) is 0 Å². The van der Waals surface area contributed by atoms with Crippen LogP contribution in [0.4, 0.5) is 0 Å². The fourth-order valence-corrected chi connectivity index (χ4v) is 3.84. The van der Waals surface area contributed by atoms with Gasteiger partial charge < -0.3 is 10.5 Å². The van der Waals surface area contributed by atoms with E-state index in [-0.39, 0.29) is 0 Å². The molecule has 0 aliphatic carbocycles. The minimum Gasteiger partial charge on any atom is -0.374 e. The molecule has 0 amide bonds. The highest BCUT2D eigenvalue weighted by Crippen LogP contribution is 2.26. The molecule has 0 spiro atoms. The van der Waals surface area contributed by atoms with E-state index in [0.717, 1.165) is 38.7 Å². The van der Waals surface area contributed by atoms with Crippen molar-refractivity contribution >= 4 is 0 Å². The maximum absolute atomic E-state index is 6.05. The maximum Gasteiger partial charge on any atom is 0.0829 e. The van der Waals surface area contributed by atoms with Crippen LogP contribution in [0.1, 0.15) is 40.0 Å². The molecule has 4 nitrogen and oxygen atoms in total. The summed E-state index contributed by atoms with van der Waals surface area (Å²) in [6, 6.07) is 1.18. The largest absolute Gasteiger partial charge is 0.374 e. The van der Waals surface area contributed by atoms with Crippen LogP contribution in [0, 0.1) is 5.92 Å². The van der Waals surface area contributed by atoms with Crippen molar-refractivity contribution in [1.82, 2.24) is 9.80 Å². The number of morpholine rings is 1. The minimum absolute atomic E-state index is 0.357. The second-order valence-corrected chi connectivity index (χ2v) is 6.69. The van der Waals surface area contributed by atoms with Gasteiger partial charge in [0.15, 0.2) is 0 Å². The Kier molecular flexibility index (Phi) is 6.27.